The molecule has 2 N–H and O–H groups in total. The molecule has 0 saturated carbocycles. The van der Waals surface area contributed by atoms with Gasteiger partial charge in [0.25, 0.3) is 0 Å². The molecule has 0 unspecified atom stereocenters. The molecule has 0 bridgehead atoms. The smallest absolute Gasteiger partial charge is 0.346 e. The van der Waals surface area contributed by atoms with Crippen LogP contribution in [0.2, 0.25) is 0 Å². The second-order valence-electron chi connectivity index (χ2n) is 7.58. The maximum absolute atomic E-state index is 13.0. The Morgan fingerprint density at radius 3 is 2.30 bits per heavy atom. The molecular formula is C21H22F3N3O2S. The van der Waals surface area contributed by atoms with Gasteiger partial charge >= 0.3 is 6.18 Å². The number of hydrogen-bond donors (Lipinski definition) is 2. The van der Waals surface area contributed by atoms with E-state index in [4.69, 9.17) is 5.41 Å². The molecule has 3 rings (SSSR count). The van der Waals surface area contributed by atoms with E-state index in [-0.39, 0.29) is 10.9 Å². The number of nitrogens with zero attached hydrogens (tertiary/aromatic N) is 1. The molecule has 0 radical (unpaired) electrons. The van der Waals surface area contributed by atoms with Gasteiger partial charge in [-0.3, -0.25) is 5.41 Å². The highest BCUT2D eigenvalue weighted by atomic mass is 32.2. The molecule has 1 aliphatic heterocycles. The van der Waals surface area contributed by atoms with Gasteiger partial charge in [0.2, 0.25) is 0 Å². The molecule has 5 nitrogen and oxygen atoms in total. The van der Waals surface area contributed by atoms with Crippen LogP contribution in [0, 0.1) is 5.41 Å². The molecule has 9 heteroatoms. The molecule has 0 spiro atoms. The van der Waals surface area contributed by atoms with Crippen molar-refractivity contribution in [1.82, 2.24) is 10.2 Å². The van der Waals surface area contributed by atoms with Gasteiger partial charge in [0, 0.05) is 19.0 Å². The van der Waals surface area contributed by atoms with Crippen molar-refractivity contribution < 1.29 is 21.6 Å². The van der Waals surface area contributed by atoms with Gasteiger partial charge in [0.1, 0.15) is 0 Å². The molecule has 2 aromatic carbocycles. The summed E-state index contributed by atoms with van der Waals surface area (Å²) in [6.45, 7) is 5.85. The first-order valence-electron chi connectivity index (χ1n) is 9.02. The van der Waals surface area contributed by atoms with E-state index in [0.717, 1.165) is 18.4 Å². The average Bonchev–Trinajstić information content (AvgIpc) is 2.65. The highest BCUT2D eigenvalue weighted by molar-refractivity contribution is 7.90. The fraction of sp³-hybridized carbons (Fsp3) is 0.286. The zero-order valence-electron chi connectivity index (χ0n) is 16.7. The summed E-state index contributed by atoms with van der Waals surface area (Å²) in [5.41, 5.74) is -0.129. The Hall–Kier alpha value is -2.81. The van der Waals surface area contributed by atoms with Crippen LogP contribution in [0.25, 0.3) is 0 Å². The maximum Gasteiger partial charge on any atom is 0.416 e. The molecule has 1 saturated heterocycles. The minimum Gasteiger partial charge on any atom is -0.346 e. The predicted molar refractivity (Wildman–Crippen MR) is 109 cm³/mol. The highest BCUT2D eigenvalue weighted by Crippen LogP contribution is 2.45. The summed E-state index contributed by atoms with van der Waals surface area (Å²) in [5.74, 6) is -0.496. The Labute approximate surface area is 173 Å². The van der Waals surface area contributed by atoms with Crippen molar-refractivity contribution >= 4 is 15.8 Å². The van der Waals surface area contributed by atoms with Crippen molar-refractivity contribution in [3.63, 3.8) is 0 Å². The third-order valence-electron chi connectivity index (χ3n) is 5.49. The highest BCUT2D eigenvalue weighted by Gasteiger charge is 2.45. The molecular weight excluding hydrogens is 415 g/mol. The number of hydrogen-bond acceptors (Lipinski definition) is 3. The standard InChI is InChI=1S/C21H22F3N3O2S/c1-13-18(14-8-10-15(11-9-14)21(22,23)24)20(2,26-19(25)27(13)3)16-6-5-7-17(12-16)30(4,28)29/h5-12,18H,1H2,2-4H3,(H2,25,26)/t18-,20+/m0/s1. The molecule has 2 atom stereocenters. The normalized spacial score (nSPS) is 22.7. The average molecular weight is 437 g/mol. The lowest BCUT2D eigenvalue weighted by Crippen LogP contribution is -2.58. The fourth-order valence-electron chi connectivity index (χ4n) is 3.75. The van der Waals surface area contributed by atoms with E-state index in [2.05, 4.69) is 11.9 Å². The molecule has 0 amide bonds. The van der Waals surface area contributed by atoms with E-state index in [1.807, 2.05) is 0 Å². The monoisotopic (exact) mass is 437 g/mol. The van der Waals surface area contributed by atoms with Crippen molar-refractivity contribution in [2.45, 2.75) is 29.5 Å². The summed E-state index contributed by atoms with van der Waals surface area (Å²) in [6, 6.07) is 11.1. The minimum atomic E-state index is -4.45. The van der Waals surface area contributed by atoms with E-state index in [1.54, 1.807) is 26.1 Å². The number of alkyl halides is 3. The third kappa shape index (κ3) is 3.81. The fourth-order valence-corrected chi connectivity index (χ4v) is 4.42. The van der Waals surface area contributed by atoms with Gasteiger partial charge in [-0.25, -0.2) is 8.42 Å². The summed E-state index contributed by atoms with van der Waals surface area (Å²) in [5, 5.41) is 11.4. The van der Waals surface area contributed by atoms with Crippen LogP contribution in [-0.2, 0) is 21.6 Å². The second kappa shape index (κ2) is 7.16. The van der Waals surface area contributed by atoms with E-state index >= 15 is 0 Å². The van der Waals surface area contributed by atoms with Gasteiger partial charge in [-0.1, -0.05) is 30.8 Å². The van der Waals surface area contributed by atoms with Crippen molar-refractivity contribution in [3.05, 3.63) is 77.5 Å². The van der Waals surface area contributed by atoms with Gasteiger partial charge < -0.3 is 10.2 Å². The van der Waals surface area contributed by atoms with Crippen molar-refractivity contribution in [3.8, 4) is 0 Å². The summed E-state index contributed by atoms with van der Waals surface area (Å²) in [4.78, 5) is 1.63. The van der Waals surface area contributed by atoms with Crippen LogP contribution >= 0.6 is 0 Å². The van der Waals surface area contributed by atoms with Crippen LogP contribution in [0.3, 0.4) is 0 Å². The SMILES string of the molecule is C=C1[C@@H](c2ccc(C(F)(F)F)cc2)[C@@](C)(c2cccc(S(C)(=O)=O)c2)NC(=N)N1C. The molecule has 2 aromatic rings. The van der Waals surface area contributed by atoms with Gasteiger partial charge in [-0.15, -0.1) is 0 Å². The zero-order valence-corrected chi connectivity index (χ0v) is 17.5. The molecule has 160 valence electrons. The number of nitrogens with one attached hydrogen (secondary N) is 2. The van der Waals surface area contributed by atoms with Gasteiger partial charge in [-0.2, -0.15) is 13.2 Å². The Morgan fingerprint density at radius 1 is 1.17 bits per heavy atom. The third-order valence-corrected chi connectivity index (χ3v) is 6.60. The lowest BCUT2D eigenvalue weighted by Gasteiger charge is -2.48. The maximum atomic E-state index is 13.0. The summed E-state index contributed by atoms with van der Waals surface area (Å²) >= 11 is 0. The molecule has 0 aliphatic carbocycles. The van der Waals surface area contributed by atoms with Gasteiger partial charge in [0.15, 0.2) is 15.8 Å². The first-order chi connectivity index (χ1) is 13.7. The summed E-state index contributed by atoms with van der Waals surface area (Å²) in [7, 11) is -1.83. The first-order valence-corrected chi connectivity index (χ1v) is 10.9. The topological polar surface area (TPSA) is 73.3 Å². The van der Waals surface area contributed by atoms with Crippen LogP contribution in [0.15, 0.2) is 65.7 Å². The van der Waals surface area contributed by atoms with E-state index in [9.17, 15) is 21.6 Å². The number of guanidine groups is 1. The van der Waals surface area contributed by atoms with Crippen molar-refractivity contribution in [1.29, 1.82) is 5.41 Å². The number of likely N-dealkylation sites (N-methyl/N-ethyl adjacent to an activating group) is 1. The van der Waals surface area contributed by atoms with E-state index in [1.165, 1.54) is 29.2 Å². The predicted octanol–water partition coefficient (Wildman–Crippen LogP) is 4.09. The Kier molecular flexibility index (Phi) is 5.22. The Morgan fingerprint density at radius 2 is 1.77 bits per heavy atom. The van der Waals surface area contributed by atoms with Gasteiger partial charge in [0.05, 0.1) is 21.9 Å². The molecule has 1 heterocycles. The molecule has 1 aliphatic rings. The molecule has 30 heavy (non-hydrogen) atoms. The number of sulfone groups is 1. The number of benzene rings is 2. The summed E-state index contributed by atoms with van der Waals surface area (Å²) in [6.07, 6.45) is -3.35. The van der Waals surface area contributed by atoms with E-state index in [0.29, 0.717) is 16.8 Å². The van der Waals surface area contributed by atoms with Crippen LogP contribution in [0.5, 0.6) is 0 Å². The largest absolute Gasteiger partial charge is 0.416 e. The van der Waals surface area contributed by atoms with Crippen LogP contribution in [0.1, 0.15) is 29.5 Å². The van der Waals surface area contributed by atoms with Crippen molar-refractivity contribution in [2.24, 2.45) is 0 Å². The van der Waals surface area contributed by atoms with Crippen LogP contribution in [-0.4, -0.2) is 32.6 Å². The number of rotatable bonds is 3. The van der Waals surface area contributed by atoms with Crippen LogP contribution < -0.4 is 5.32 Å². The number of halogens is 3. The van der Waals surface area contributed by atoms with E-state index < -0.39 is 33.0 Å². The lowest BCUT2D eigenvalue weighted by molar-refractivity contribution is -0.137. The Bertz CT molecular complexity index is 1110. The first kappa shape index (κ1) is 21.9. The lowest BCUT2D eigenvalue weighted by atomic mass is 9.72. The molecule has 1 fully saturated rings. The quantitative estimate of drug-likeness (QED) is 0.759. The second-order valence-corrected chi connectivity index (χ2v) is 9.59. The molecule has 0 aromatic heterocycles. The van der Waals surface area contributed by atoms with Crippen molar-refractivity contribution in [2.75, 3.05) is 13.3 Å². The zero-order chi connectivity index (χ0) is 22.5. The summed E-state index contributed by atoms with van der Waals surface area (Å²) < 4.78 is 63.1. The minimum absolute atomic E-state index is 0.0513. The van der Waals surface area contributed by atoms with Gasteiger partial charge in [-0.05, 0) is 42.3 Å². The van der Waals surface area contributed by atoms with Crippen LogP contribution in [0.4, 0.5) is 13.2 Å². The Balaban J connectivity index is 2.17.